The van der Waals surface area contributed by atoms with E-state index in [4.69, 9.17) is 4.74 Å². The maximum atomic E-state index is 15.2. The second-order valence-corrected chi connectivity index (χ2v) is 7.40. The van der Waals surface area contributed by atoms with Crippen molar-refractivity contribution in [2.45, 2.75) is 38.5 Å². The fourth-order valence-corrected chi connectivity index (χ4v) is 3.01. The van der Waals surface area contributed by atoms with Crippen molar-refractivity contribution in [3.8, 4) is 6.07 Å². The molecule has 6 nitrogen and oxygen atoms in total. The Hall–Kier alpha value is -2.75. The highest BCUT2D eigenvalue weighted by Gasteiger charge is 2.77. The highest BCUT2D eigenvalue weighted by Crippen LogP contribution is 2.60. The van der Waals surface area contributed by atoms with Crippen LogP contribution >= 0.6 is 0 Å². The summed E-state index contributed by atoms with van der Waals surface area (Å²) in [5.41, 5.74) is -4.79. The van der Waals surface area contributed by atoms with E-state index in [1.165, 1.54) is 12.1 Å². The van der Waals surface area contributed by atoms with Gasteiger partial charge in [0.25, 0.3) is 11.8 Å². The molecule has 1 heterocycles. The Kier molecular flexibility index (Phi) is 3.50. The van der Waals surface area contributed by atoms with E-state index in [0.717, 1.165) is 4.90 Å². The smallest absolute Gasteiger partial charge is 0.330 e. The number of alkyl halides is 1. The Labute approximate surface area is 144 Å². The average molecular weight is 344 g/mol. The number of hydrogen-bond acceptors (Lipinski definition) is 5. The number of hydrogen-bond donors (Lipinski definition) is 0. The summed E-state index contributed by atoms with van der Waals surface area (Å²) in [5.74, 6) is -2.22. The van der Waals surface area contributed by atoms with Gasteiger partial charge in [0.1, 0.15) is 5.60 Å². The Balaban J connectivity index is 1.83. The molecule has 2 aliphatic rings. The van der Waals surface area contributed by atoms with Crippen LogP contribution in [0.15, 0.2) is 24.3 Å². The van der Waals surface area contributed by atoms with Crippen molar-refractivity contribution < 1.29 is 23.5 Å². The monoisotopic (exact) mass is 344 g/mol. The first-order valence-electron chi connectivity index (χ1n) is 7.83. The normalized spacial score (nSPS) is 27.7. The number of carbonyl (C=O) groups is 3. The lowest BCUT2D eigenvalue weighted by molar-refractivity contribution is -0.161. The number of fused-ring (bicyclic) bond motifs is 1. The largest absolute Gasteiger partial charge is 0.459 e. The van der Waals surface area contributed by atoms with Gasteiger partial charge in [-0.25, -0.2) is 4.39 Å². The van der Waals surface area contributed by atoms with Gasteiger partial charge in [0.05, 0.1) is 23.7 Å². The molecule has 7 heteroatoms. The van der Waals surface area contributed by atoms with Crippen LogP contribution in [0.3, 0.4) is 0 Å². The molecule has 0 spiro atoms. The van der Waals surface area contributed by atoms with Crippen molar-refractivity contribution in [3.05, 3.63) is 35.4 Å². The number of ether oxygens (including phenoxy) is 1. The lowest BCUT2D eigenvalue weighted by atomic mass is 10.0. The maximum Gasteiger partial charge on any atom is 0.330 e. The van der Waals surface area contributed by atoms with Crippen molar-refractivity contribution in [1.82, 2.24) is 4.90 Å². The summed E-state index contributed by atoms with van der Waals surface area (Å²) in [5, 5.41) is 9.36. The van der Waals surface area contributed by atoms with Crippen LogP contribution in [0.2, 0.25) is 0 Å². The zero-order chi connectivity index (χ0) is 18.6. The molecule has 1 aliphatic heterocycles. The van der Waals surface area contributed by atoms with Crippen LogP contribution in [0, 0.1) is 16.7 Å². The number of imide groups is 1. The first kappa shape index (κ1) is 17.1. The van der Waals surface area contributed by atoms with Crippen LogP contribution in [0.4, 0.5) is 4.39 Å². The zero-order valence-electron chi connectivity index (χ0n) is 14.1. The lowest BCUT2D eigenvalue weighted by Gasteiger charge is -2.23. The van der Waals surface area contributed by atoms with Gasteiger partial charge in [0, 0.05) is 6.42 Å². The van der Waals surface area contributed by atoms with E-state index >= 15 is 4.39 Å². The highest BCUT2D eigenvalue weighted by atomic mass is 19.1. The number of amides is 2. The molecule has 2 atom stereocenters. The van der Waals surface area contributed by atoms with Gasteiger partial charge in [0.2, 0.25) is 0 Å². The Morgan fingerprint density at radius 3 is 2.24 bits per heavy atom. The summed E-state index contributed by atoms with van der Waals surface area (Å²) in [4.78, 5) is 37.7. The summed E-state index contributed by atoms with van der Waals surface area (Å²) >= 11 is 0. The summed E-state index contributed by atoms with van der Waals surface area (Å²) in [6.07, 6.45) is -0.404. The van der Waals surface area contributed by atoms with Crippen molar-refractivity contribution in [2.75, 3.05) is 6.54 Å². The number of halogens is 1. The molecule has 1 aromatic carbocycles. The Morgan fingerprint density at radius 2 is 1.80 bits per heavy atom. The molecule has 0 saturated heterocycles. The van der Waals surface area contributed by atoms with Gasteiger partial charge < -0.3 is 4.74 Å². The SMILES string of the molecule is CC(C)(C)OC(=O)[C@@]1(C#N)C[C@@]1(F)CN1C(=O)c2ccccc2C1=O. The van der Waals surface area contributed by atoms with Crippen molar-refractivity contribution in [1.29, 1.82) is 5.26 Å². The van der Waals surface area contributed by atoms with Crippen molar-refractivity contribution in [3.63, 3.8) is 0 Å². The Bertz CT molecular complexity index is 803. The molecule has 0 N–H and O–H groups in total. The fraction of sp³-hybridized carbons (Fsp3) is 0.444. The van der Waals surface area contributed by atoms with Crippen LogP contribution in [0.5, 0.6) is 0 Å². The molecular weight excluding hydrogens is 327 g/mol. The third-order valence-electron chi connectivity index (χ3n) is 4.41. The van der Waals surface area contributed by atoms with Gasteiger partial charge in [-0.05, 0) is 32.9 Å². The minimum absolute atomic E-state index is 0.191. The second-order valence-electron chi connectivity index (χ2n) is 7.40. The van der Waals surface area contributed by atoms with E-state index in [2.05, 4.69) is 0 Å². The summed E-state index contributed by atoms with van der Waals surface area (Å²) in [6.45, 7) is 4.19. The predicted octanol–water partition coefficient (Wildman–Crippen LogP) is 2.25. The molecule has 1 fully saturated rings. The van der Waals surface area contributed by atoms with Crippen molar-refractivity contribution >= 4 is 17.8 Å². The second kappa shape index (κ2) is 5.12. The van der Waals surface area contributed by atoms with Crippen LogP contribution in [-0.4, -0.2) is 40.5 Å². The molecule has 1 aliphatic carbocycles. The summed E-state index contributed by atoms with van der Waals surface area (Å²) in [6, 6.07) is 7.88. The quantitative estimate of drug-likeness (QED) is 0.620. The molecule has 1 aromatic rings. The number of esters is 1. The molecule has 130 valence electrons. The average Bonchev–Trinajstić information content (AvgIpc) is 3.08. The molecule has 3 rings (SSSR count). The summed E-state index contributed by atoms with van der Waals surface area (Å²) in [7, 11) is 0. The zero-order valence-corrected chi connectivity index (χ0v) is 14.1. The number of carbonyl (C=O) groups excluding carboxylic acids is 3. The van der Waals surface area contributed by atoms with E-state index in [1.54, 1.807) is 39.0 Å². The topological polar surface area (TPSA) is 87.5 Å². The van der Waals surface area contributed by atoms with E-state index in [0.29, 0.717) is 0 Å². The molecular formula is C18H17FN2O4. The van der Waals surface area contributed by atoms with Gasteiger partial charge in [-0.15, -0.1) is 0 Å². The summed E-state index contributed by atoms with van der Waals surface area (Å²) < 4.78 is 20.3. The van der Waals surface area contributed by atoms with Crippen LogP contribution < -0.4 is 0 Å². The highest BCUT2D eigenvalue weighted by molar-refractivity contribution is 6.21. The first-order chi connectivity index (χ1) is 11.5. The Morgan fingerprint density at radius 1 is 1.28 bits per heavy atom. The van der Waals surface area contributed by atoms with Gasteiger partial charge >= 0.3 is 5.97 Å². The number of rotatable bonds is 3. The third-order valence-corrected chi connectivity index (χ3v) is 4.41. The molecule has 0 aromatic heterocycles. The molecule has 0 bridgehead atoms. The first-order valence-corrected chi connectivity index (χ1v) is 7.83. The van der Waals surface area contributed by atoms with Gasteiger partial charge in [-0.3, -0.25) is 19.3 Å². The minimum atomic E-state index is -2.31. The molecule has 1 saturated carbocycles. The molecule has 0 radical (unpaired) electrons. The van der Waals surface area contributed by atoms with E-state index in [-0.39, 0.29) is 11.1 Å². The third kappa shape index (κ3) is 2.49. The number of nitriles is 1. The van der Waals surface area contributed by atoms with Gasteiger partial charge in [0.15, 0.2) is 11.1 Å². The van der Waals surface area contributed by atoms with Crippen molar-refractivity contribution in [2.24, 2.45) is 5.41 Å². The molecule has 2 amide bonds. The van der Waals surface area contributed by atoms with E-state index < -0.39 is 47.4 Å². The number of benzene rings is 1. The van der Waals surface area contributed by atoms with E-state index in [9.17, 15) is 19.6 Å². The van der Waals surface area contributed by atoms with Crippen LogP contribution in [0.1, 0.15) is 47.9 Å². The van der Waals surface area contributed by atoms with Crippen LogP contribution in [-0.2, 0) is 9.53 Å². The minimum Gasteiger partial charge on any atom is -0.459 e. The number of nitrogens with zero attached hydrogens (tertiary/aromatic N) is 2. The molecule has 25 heavy (non-hydrogen) atoms. The van der Waals surface area contributed by atoms with Gasteiger partial charge in [-0.1, -0.05) is 12.1 Å². The van der Waals surface area contributed by atoms with Gasteiger partial charge in [-0.2, -0.15) is 5.26 Å². The van der Waals surface area contributed by atoms with Crippen LogP contribution in [0.25, 0.3) is 0 Å². The maximum absolute atomic E-state index is 15.2. The van der Waals surface area contributed by atoms with E-state index in [1.807, 2.05) is 0 Å². The molecule has 0 unspecified atom stereocenters. The fourth-order valence-electron chi connectivity index (χ4n) is 3.01. The predicted molar refractivity (Wildman–Crippen MR) is 84.2 cm³/mol. The standard InChI is InChI=1S/C18H17FN2O4/c1-16(2,3)25-15(24)17(9-20)8-18(17,19)10-21-13(22)11-6-4-5-7-12(11)14(21)23/h4-7H,8,10H2,1-3H3/t17-,18+/m0/s1. The lowest BCUT2D eigenvalue weighted by Crippen LogP contribution is -2.41.